The number of hydrogen-bond acceptors (Lipinski definition) is 6. The molecule has 4 rings (SSSR count). The fraction of sp³-hybridized carbons (Fsp3) is 0.150. The Kier molecular flexibility index (Phi) is 6.23. The van der Waals surface area contributed by atoms with Crippen LogP contribution in [0.5, 0.6) is 0 Å². The van der Waals surface area contributed by atoms with Crippen LogP contribution in [-0.2, 0) is 6.18 Å². The molecule has 156 valence electrons. The minimum Gasteiger partial charge on any atom is -0.368 e. The predicted molar refractivity (Wildman–Crippen MR) is 109 cm³/mol. The second-order valence-electron chi connectivity index (χ2n) is 6.43. The third-order valence-electron chi connectivity index (χ3n) is 4.43. The highest BCUT2D eigenvalue weighted by Gasteiger charge is 2.37. The first-order valence-corrected chi connectivity index (χ1v) is 8.75. The number of alkyl halides is 3. The molecule has 0 radical (unpaired) electrons. The smallest absolute Gasteiger partial charge is 0.368 e. The lowest BCUT2D eigenvalue weighted by Gasteiger charge is -2.13. The highest BCUT2D eigenvalue weighted by molar-refractivity contribution is 5.85. The van der Waals surface area contributed by atoms with E-state index in [9.17, 15) is 13.2 Å². The molecule has 2 aromatic heterocycles. The van der Waals surface area contributed by atoms with Crippen molar-refractivity contribution in [2.45, 2.75) is 12.2 Å². The van der Waals surface area contributed by atoms with Gasteiger partial charge in [-0.15, -0.1) is 12.4 Å². The first kappa shape index (κ1) is 21.5. The molecule has 10 heteroatoms. The lowest BCUT2D eigenvalue weighted by atomic mass is 10.1. The Hall–Kier alpha value is -3.17. The summed E-state index contributed by atoms with van der Waals surface area (Å²) in [6, 6.07) is 15.5. The normalized spacial score (nSPS) is 12.4. The number of nitrogens with zero attached hydrogens (tertiary/aromatic N) is 3. The Bertz CT molecular complexity index is 1130. The van der Waals surface area contributed by atoms with E-state index in [0.717, 1.165) is 5.56 Å². The van der Waals surface area contributed by atoms with Crippen LogP contribution in [0.1, 0.15) is 17.3 Å². The molecule has 3 N–H and O–H groups in total. The van der Waals surface area contributed by atoms with Gasteiger partial charge in [-0.2, -0.15) is 13.2 Å². The summed E-state index contributed by atoms with van der Waals surface area (Å²) in [6.45, 7) is 0.455. The molecule has 0 aliphatic carbocycles. The van der Waals surface area contributed by atoms with Crippen molar-refractivity contribution in [2.24, 2.45) is 5.73 Å². The Balaban J connectivity index is 0.00000256. The van der Waals surface area contributed by atoms with Crippen LogP contribution in [0.2, 0.25) is 0 Å². The van der Waals surface area contributed by atoms with Crippen molar-refractivity contribution in [3.05, 3.63) is 72.2 Å². The zero-order chi connectivity index (χ0) is 20.4. The fourth-order valence-electron chi connectivity index (χ4n) is 2.95. The maximum atomic E-state index is 12.9. The molecule has 6 nitrogen and oxygen atoms in total. The van der Waals surface area contributed by atoms with Crippen molar-refractivity contribution in [3.8, 4) is 11.3 Å². The average molecular weight is 436 g/mol. The number of hydrogen-bond donors (Lipinski definition) is 2. The van der Waals surface area contributed by atoms with Crippen molar-refractivity contribution >= 4 is 29.2 Å². The van der Waals surface area contributed by atoms with Gasteiger partial charge in [0.25, 0.3) is 0 Å². The van der Waals surface area contributed by atoms with Gasteiger partial charge in [0, 0.05) is 24.2 Å². The van der Waals surface area contributed by atoms with E-state index < -0.39 is 11.9 Å². The minimum atomic E-state index is -4.57. The molecule has 0 unspecified atom stereocenters. The average Bonchev–Trinajstić information content (AvgIpc) is 3.16. The molecule has 0 amide bonds. The molecule has 0 bridgehead atoms. The van der Waals surface area contributed by atoms with Crippen molar-refractivity contribution < 1.29 is 17.7 Å². The molecule has 0 saturated carbocycles. The van der Waals surface area contributed by atoms with E-state index in [1.54, 1.807) is 6.07 Å². The molecule has 30 heavy (non-hydrogen) atoms. The monoisotopic (exact) mass is 435 g/mol. The molecule has 1 atom stereocenters. The second-order valence-corrected chi connectivity index (χ2v) is 6.43. The summed E-state index contributed by atoms with van der Waals surface area (Å²) in [5, 5.41) is 6.20. The molecular formula is C20H17ClF3N5O. The van der Waals surface area contributed by atoms with Crippen LogP contribution in [0, 0.1) is 0 Å². The Labute approximate surface area is 175 Å². The van der Waals surface area contributed by atoms with Crippen LogP contribution in [0.4, 0.5) is 19.0 Å². The Morgan fingerprint density at radius 2 is 1.80 bits per heavy atom. The van der Waals surface area contributed by atoms with Gasteiger partial charge in [0.1, 0.15) is 12.1 Å². The summed E-state index contributed by atoms with van der Waals surface area (Å²) >= 11 is 0. The van der Waals surface area contributed by atoms with E-state index in [1.807, 2.05) is 30.3 Å². The molecule has 2 aromatic carbocycles. The van der Waals surface area contributed by atoms with E-state index in [0.29, 0.717) is 23.6 Å². The van der Waals surface area contributed by atoms with E-state index >= 15 is 0 Å². The van der Waals surface area contributed by atoms with Crippen LogP contribution in [0.3, 0.4) is 0 Å². The molecular weight excluding hydrogens is 419 g/mol. The molecule has 0 saturated heterocycles. The number of halogens is 4. The van der Waals surface area contributed by atoms with Crippen molar-refractivity contribution in [1.29, 1.82) is 0 Å². The highest BCUT2D eigenvalue weighted by Crippen LogP contribution is 2.35. The van der Waals surface area contributed by atoms with Crippen molar-refractivity contribution in [1.82, 2.24) is 15.1 Å². The lowest BCUT2D eigenvalue weighted by Crippen LogP contribution is -2.20. The topological polar surface area (TPSA) is 89.9 Å². The van der Waals surface area contributed by atoms with Crippen LogP contribution in [0.25, 0.3) is 22.2 Å². The zero-order valence-electron chi connectivity index (χ0n) is 15.4. The fourth-order valence-corrected chi connectivity index (χ4v) is 2.95. The summed E-state index contributed by atoms with van der Waals surface area (Å²) in [5.74, 6) is 0.551. The first-order valence-electron chi connectivity index (χ1n) is 8.75. The molecule has 0 aliphatic rings. The number of rotatable bonds is 5. The number of aromatic nitrogens is 3. The molecule has 0 spiro atoms. The van der Waals surface area contributed by atoms with Gasteiger partial charge in [0.2, 0.25) is 0 Å². The van der Waals surface area contributed by atoms with E-state index in [-0.39, 0.29) is 29.4 Å². The first-order chi connectivity index (χ1) is 13.9. The summed E-state index contributed by atoms with van der Waals surface area (Å²) in [4.78, 5) is 8.36. The van der Waals surface area contributed by atoms with Gasteiger partial charge in [0.05, 0.1) is 11.1 Å². The SMILES string of the molecule is Cl.N[C@@H](CNc1cc(-c2ccc3c(C(F)(F)F)noc3c2)ncn1)c1ccccc1. The van der Waals surface area contributed by atoms with Crippen LogP contribution in [0.15, 0.2) is 65.4 Å². The van der Waals surface area contributed by atoms with Gasteiger partial charge in [-0.25, -0.2) is 9.97 Å². The number of fused-ring (bicyclic) bond motifs is 1. The molecule has 2 heterocycles. The van der Waals surface area contributed by atoms with Crippen LogP contribution < -0.4 is 11.1 Å². The summed E-state index contributed by atoms with van der Waals surface area (Å²) in [7, 11) is 0. The van der Waals surface area contributed by atoms with Crippen LogP contribution in [-0.4, -0.2) is 21.7 Å². The summed E-state index contributed by atoms with van der Waals surface area (Å²) < 4.78 is 43.7. The van der Waals surface area contributed by atoms with Gasteiger partial charge in [-0.05, 0) is 17.7 Å². The number of nitrogens with one attached hydrogen (secondary N) is 1. The largest absolute Gasteiger partial charge is 0.437 e. The van der Waals surface area contributed by atoms with E-state index in [1.165, 1.54) is 24.5 Å². The van der Waals surface area contributed by atoms with Gasteiger partial charge in [-0.1, -0.05) is 41.6 Å². The second kappa shape index (κ2) is 8.68. The third-order valence-corrected chi connectivity index (χ3v) is 4.43. The number of benzene rings is 2. The van der Waals surface area contributed by atoms with Crippen LogP contribution >= 0.6 is 12.4 Å². The van der Waals surface area contributed by atoms with Crippen molar-refractivity contribution in [3.63, 3.8) is 0 Å². The lowest BCUT2D eigenvalue weighted by molar-refractivity contribution is -0.141. The van der Waals surface area contributed by atoms with Gasteiger partial charge < -0.3 is 15.6 Å². The standard InChI is InChI=1S/C20H16F3N5O.ClH/c21-20(22,23)19-14-7-6-13(8-17(14)29-28-19)16-9-18(27-11-26-16)25-10-15(24)12-4-2-1-3-5-12;/h1-9,11,15H,10,24H2,(H,25,26,27);1H/t15-;/m0./s1. The van der Waals surface area contributed by atoms with Crippen molar-refractivity contribution in [2.75, 3.05) is 11.9 Å². The maximum Gasteiger partial charge on any atom is 0.437 e. The Morgan fingerprint density at radius 1 is 1.03 bits per heavy atom. The Morgan fingerprint density at radius 3 is 2.53 bits per heavy atom. The molecule has 0 fully saturated rings. The van der Waals surface area contributed by atoms with Gasteiger partial charge in [-0.3, -0.25) is 0 Å². The number of nitrogens with two attached hydrogens (primary N) is 1. The van der Waals surface area contributed by atoms with Gasteiger partial charge in [0.15, 0.2) is 11.3 Å². The molecule has 0 aliphatic heterocycles. The van der Waals surface area contributed by atoms with E-state index in [4.69, 9.17) is 10.3 Å². The maximum absolute atomic E-state index is 12.9. The van der Waals surface area contributed by atoms with E-state index in [2.05, 4.69) is 20.4 Å². The predicted octanol–water partition coefficient (Wildman–Crippen LogP) is 4.84. The zero-order valence-corrected chi connectivity index (χ0v) is 16.2. The number of anilines is 1. The molecule has 4 aromatic rings. The quantitative estimate of drug-likeness (QED) is 0.466. The minimum absolute atomic E-state index is 0. The summed E-state index contributed by atoms with van der Waals surface area (Å²) in [6.07, 6.45) is -3.20. The highest BCUT2D eigenvalue weighted by atomic mass is 35.5. The summed E-state index contributed by atoms with van der Waals surface area (Å²) in [5.41, 5.74) is 7.27. The van der Waals surface area contributed by atoms with Gasteiger partial charge >= 0.3 is 6.18 Å². The third kappa shape index (κ3) is 4.52.